The average molecular weight is 436 g/mol. The summed E-state index contributed by atoms with van der Waals surface area (Å²) in [6, 6.07) is 15.2. The Labute approximate surface area is 188 Å². The molecule has 1 amide bonds. The molecule has 1 aliphatic rings. The highest BCUT2D eigenvalue weighted by Gasteiger charge is 2.27. The highest BCUT2D eigenvalue weighted by atomic mass is 16.5. The molecule has 32 heavy (non-hydrogen) atoms. The summed E-state index contributed by atoms with van der Waals surface area (Å²) in [6.07, 6.45) is -0.0866. The van der Waals surface area contributed by atoms with E-state index in [-0.39, 0.29) is 12.0 Å². The largest absolute Gasteiger partial charge is 0.489 e. The number of nitrogens with zero attached hydrogens (tertiary/aromatic N) is 3. The van der Waals surface area contributed by atoms with Crippen molar-refractivity contribution >= 4 is 11.6 Å². The molecule has 0 spiro atoms. The van der Waals surface area contributed by atoms with Crippen LogP contribution in [0.25, 0.3) is 0 Å². The van der Waals surface area contributed by atoms with E-state index in [1.807, 2.05) is 51.2 Å². The summed E-state index contributed by atoms with van der Waals surface area (Å²) in [7, 11) is 1.81. The van der Waals surface area contributed by atoms with Crippen LogP contribution in [-0.4, -0.2) is 48.7 Å². The van der Waals surface area contributed by atoms with Gasteiger partial charge in [0, 0.05) is 19.2 Å². The lowest BCUT2D eigenvalue weighted by molar-refractivity contribution is 0.0709. The fourth-order valence-corrected chi connectivity index (χ4v) is 3.94. The minimum absolute atomic E-state index is 0.0484. The molecule has 3 aromatic rings. The third-order valence-electron chi connectivity index (χ3n) is 5.80. The van der Waals surface area contributed by atoms with Gasteiger partial charge in [-0.25, -0.2) is 0 Å². The first-order valence-corrected chi connectivity index (χ1v) is 10.9. The van der Waals surface area contributed by atoms with Crippen molar-refractivity contribution in [1.29, 1.82) is 0 Å². The number of benzene rings is 2. The van der Waals surface area contributed by atoms with Gasteiger partial charge >= 0.3 is 0 Å². The zero-order chi connectivity index (χ0) is 22.7. The smallest absolute Gasteiger partial charge is 0.253 e. The summed E-state index contributed by atoms with van der Waals surface area (Å²) >= 11 is 0. The maximum Gasteiger partial charge on any atom is 0.253 e. The van der Waals surface area contributed by atoms with Crippen LogP contribution < -0.4 is 14.4 Å². The van der Waals surface area contributed by atoms with Crippen molar-refractivity contribution in [2.45, 2.75) is 33.5 Å². The first kappa shape index (κ1) is 21.7. The molecular formula is C25H29N3O4. The van der Waals surface area contributed by atoms with Gasteiger partial charge in [0.2, 0.25) is 0 Å². The molecule has 4 rings (SSSR count). The van der Waals surface area contributed by atoms with Crippen LogP contribution in [0.15, 0.2) is 53.1 Å². The second-order valence-corrected chi connectivity index (χ2v) is 8.05. The molecule has 0 aliphatic carbocycles. The number of rotatable bonds is 7. The molecule has 0 saturated heterocycles. The van der Waals surface area contributed by atoms with Crippen molar-refractivity contribution in [1.82, 2.24) is 10.1 Å². The van der Waals surface area contributed by atoms with Crippen LogP contribution in [0.2, 0.25) is 0 Å². The molecule has 7 heteroatoms. The number of ether oxygens (including phenoxy) is 2. The summed E-state index contributed by atoms with van der Waals surface area (Å²) in [5.74, 6) is 2.26. The molecule has 168 valence electrons. The van der Waals surface area contributed by atoms with Crippen LogP contribution in [0.5, 0.6) is 11.5 Å². The van der Waals surface area contributed by atoms with Gasteiger partial charge in [-0.3, -0.25) is 4.79 Å². The van der Waals surface area contributed by atoms with Gasteiger partial charge in [0.15, 0.2) is 0 Å². The van der Waals surface area contributed by atoms with Gasteiger partial charge in [-0.15, -0.1) is 0 Å². The molecule has 1 atom stereocenters. The second kappa shape index (κ2) is 9.34. The van der Waals surface area contributed by atoms with Crippen molar-refractivity contribution in [3.63, 3.8) is 0 Å². The lowest BCUT2D eigenvalue weighted by Crippen LogP contribution is -2.46. The van der Waals surface area contributed by atoms with Gasteiger partial charge in [0.25, 0.3) is 5.91 Å². The maximum atomic E-state index is 13.0. The second-order valence-electron chi connectivity index (χ2n) is 8.05. The van der Waals surface area contributed by atoms with Crippen molar-refractivity contribution < 1.29 is 18.8 Å². The van der Waals surface area contributed by atoms with E-state index >= 15 is 0 Å². The molecule has 1 aromatic heterocycles. The quantitative estimate of drug-likeness (QED) is 0.553. The van der Waals surface area contributed by atoms with Gasteiger partial charge < -0.3 is 23.8 Å². The normalized spacial score (nSPS) is 15.1. The summed E-state index contributed by atoms with van der Waals surface area (Å²) in [4.78, 5) is 17.0. The highest BCUT2D eigenvalue weighted by molar-refractivity contribution is 5.94. The Bertz CT molecular complexity index is 1060. The molecule has 0 bridgehead atoms. The Balaban J connectivity index is 1.36. The number of carbonyl (C=O) groups excluding carboxylic acids is 1. The number of fused-ring (bicyclic) bond motifs is 1. The summed E-state index contributed by atoms with van der Waals surface area (Å²) in [5, 5.41) is 3.94. The lowest BCUT2D eigenvalue weighted by Gasteiger charge is -2.37. The van der Waals surface area contributed by atoms with E-state index in [0.717, 1.165) is 41.5 Å². The van der Waals surface area contributed by atoms with Gasteiger partial charge in [0.05, 0.1) is 30.0 Å². The highest BCUT2D eigenvalue weighted by Crippen LogP contribution is 2.33. The fraction of sp³-hybridized carbons (Fsp3) is 0.360. The number of hydrogen-bond acceptors (Lipinski definition) is 6. The Hall–Kier alpha value is -3.48. The Morgan fingerprint density at radius 1 is 1.19 bits per heavy atom. The van der Waals surface area contributed by atoms with Crippen molar-refractivity contribution in [2.75, 3.05) is 31.6 Å². The summed E-state index contributed by atoms with van der Waals surface area (Å²) < 4.78 is 17.2. The molecule has 0 N–H and O–H groups in total. The predicted octanol–water partition coefficient (Wildman–Crippen LogP) is 4.23. The molecule has 2 heterocycles. The molecule has 0 radical (unpaired) electrons. The number of aromatic nitrogens is 1. The van der Waals surface area contributed by atoms with Crippen LogP contribution in [0, 0.1) is 13.8 Å². The molecule has 2 aromatic carbocycles. The van der Waals surface area contributed by atoms with E-state index < -0.39 is 0 Å². The molecular weight excluding hydrogens is 406 g/mol. The van der Waals surface area contributed by atoms with Crippen molar-refractivity contribution in [3.8, 4) is 11.5 Å². The molecule has 0 fully saturated rings. The number of para-hydroxylation sites is 2. The van der Waals surface area contributed by atoms with Crippen LogP contribution in [0.1, 0.15) is 34.3 Å². The summed E-state index contributed by atoms with van der Waals surface area (Å²) in [6.45, 7) is 8.41. The van der Waals surface area contributed by atoms with Crippen LogP contribution in [0.3, 0.4) is 0 Å². The monoisotopic (exact) mass is 435 g/mol. The fourth-order valence-electron chi connectivity index (χ4n) is 3.94. The molecule has 1 unspecified atom stereocenters. The minimum atomic E-state index is -0.0866. The molecule has 0 saturated carbocycles. The van der Waals surface area contributed by atoms with Crippen molar-refractivity contribution in [3.05, 3.63) is 71.1 Å². The Kier molecular flexibility index (Phi) is 6.35. The van der Waals surface area contributed by atoms with E-state index in [4.69, 9.17) is 14.0 Å². The SMILES string of the molecule is CCN1CC(CN(C)C(=O)c2ccc(OCc3c(C)noc3C)cc2)Oc2ccccc21. The summed E-state index contributed by atoms with van der Waals surface area (Å²) in [5.41, 5.74) is 3.48. The van der Waals surface area contributed by atoms with E-state index in [9.17, 15) is 4.79 Å². The van der Waals surface area contributed by atoms with Crippen molar-refractivity contribution in [2.24, 2.45) is 0 Å². The van der Waals surface area contributed by atoms with Crippen LogP contribution in [0.4, 0.5) is 5.69 Å². The number of aryl methyl sites for hydroxylation is 2. The minimum Gasteiger partial charge on any atom is -0.489 e. The Morgan fingerprint density at radius 2 is 1.94 bits per heavy atom. The van der Waals surface area contributed by atoms with Gasteiger partial charge in [-0.05, 0) is 57.2 Å². The lowest BCUT2D eigenvalue weighted by atomic mass is 10.1. The standard InChI is InChI=1S/C25H29N3O4/c1-5-28-15-21(31-24-9-7-6-8-23(24)28)14-27(4)25(29)19-10-12-20(13-11-19)30-16-22-17(2)26-32-18(22)3/h6-13,21H,5,14-16H2,1-4H3. The predicted molar refractivity (Wildman–Crippen MR) is 122 cm³/mol. The number of hydrogen-bond donors (Lipinski definition) is 0. The number of anilines is 1. The number of amides is 1. The van der Waals surface area contributed by atoms with E-state index in [1.165, 1.54) is 0 Å². The zero-order valence-electron chi connectivity index (χ0n) is 19.0. The topological polar surface area (TPSA) is 68.0 Å². The maximum absolute atomic E-state index is 13.0. The molecule has 1 aliphatic heterocycles. The number of likely N-dealkylation sites (N-methyl/N-ethyl adjacent to an activating group) is 2. The van der Waals surface area contributed by atoms with E-state index in [1.54, 1.807) is 17.0 Å². The third kappa shape index (κ3) is 4.56. The molecule has 7 nitrogen and oxygen atoms in total. The third-order valence-corrected chi connectivity index (χ3v) is 5.80. The zero-order valence-corrected chi connectivity index (χ0v) is 19.0. The van der Waals surface area contributed by atoms with Gasteiger partial charge in [0.1, 0.15) is 30.0 Å². The van der Waals surface area contributed by atoms with E-state index in [0.29, 0.717) is 24.5 Å². The van der Waals surface area contributed by atoms with Crippen LogP contribution >= 0.6 is 0 Å². The van der Waals surface area contributed by atoms with Gasteiger partial charge in [-0.1, -0.05) is 17.3 Å². The Morgan fingerprint density at radius 3 is 2.62 bits per heavy atom. The average Bonchev–Trinajstić information content (AvgIpc) is 3.14. The van der Waals surface area contributed by atoms with Gasteiger partial charge in [-0.2, -0.15) is 0 Å². The first-order chi connectivity index (χ1) is 15.5. The number of carbonyl (C=O) groups is 1. The van der Waals surface area contributed by atoms with E-state index in [2.05, 4.69) is 23.0 Å². The van der Waals surface area contributed by atoms with Crippen LogP contribution in [-0.2, 0) is 6.61 Å². The first-order valence-electron chi connectivity index (χ1n) is 10.9.